The molecule has 0 saturated carbocycles. The highest BCUT2D eigenvalue weighted by Crippen LogP contribution is 2.50. The van der Waals surface area contributed by atoms with E-state index in [0.717, 1.165) is 5.56 Å². The zero-order valence-corrected chi connectivity index (χ0v) is 16.6. The Morgan fingerprint density at radius 2 is 1.89 bits per heavy atom. The van der Waals surface area contributed by atoms with Crippen molar-refractivity contribution in [3.63, 3.8) is 0 Å². The fraction of sp³-hybridized carbons (Fsp3) is 0.556. The maximum Gasteiger partial charge on any atom is 0.351 e. The quantitative estimate of drug-likeness (QED) is 0.394. The highest BCUT2D eigenvalue weighted by atomic mass is 31.2. The molecule has 8 nitrogen and oxygen atoms in total. The van der Waals surface area contributed by atoms with Gasteiger partial charge in [0.05, 0.1) is 0 Å². The van der Waals surface area contributed by atoms with E-state index in [9.17, 15) is 24.2 Å². The lowest BCUT2D eigenvalue weighted by Crippen LogP contribution is -2.40. The fourth-order valence-electron chi connectivity index (χ4n) is 2.54. The van der Waals surface area contributed by atoms with Crippen molar-refractivity contribution >= 4 is 19.5 Å². The maximum absolute atomic E-state index is 12.7. The van der Waals surface area contributed by atoms with Gasteiger partial charge in [-0.05, 0) is 37.3 Å². The van der Waals surface area contributed by atoms with Gasteiger partial charge in [0.25, 0.3) is 0 Å². The van der Waals surface area contributed by atoms with Gasteiger partial charge in [0.1, 0.15) is 5.78 Å². The van der Waals surface area contributed by atoms with E-state index in [1.807, 2.05) is 30.3 Å². The Morgan fingerprint density at radius 1 is 1.26 bits per heavy atom. The predicted octanol–water partition coefficient (Wildman–Crippen LogP) is 2.11. The number of carboxylic acid groups (broad SMARTS) is 1. The van der Waals surface area contributed by atoms with E-state index < -0.39 is 37.3 Å². The number of carboxylic acids is 1. The molecule has 0 fully saturated rings. The first-order chi connectivity index (χ1) is 12.7. The molecular weight excluding hydrogens is 371 g/mol. The summed E-state index contributed by atoms with van der Waals surface area (Å²) in [5.74, 6) is -3.36. The second kappa shape index (κ2) is 11.2. The zero-order valence-electron chi connectivity index (χ0n) is 15.7. The summed E-state index contributed by atoms with van der Waals surface area (Å²) in [6.07, 6.45) is -0.465. The molecule has 1 amide bonds. The predicted molar refractivity (Wildman–Crippen MR) is 102 cm³/mol. The molecule has 2 unspecified atom stereocenters. The van der Waals surface area contributed by atoms with Gasteiger partial charge in [-0.2, -0.15) is 0 Å². The van der Waals surface area contributed by atoms with Crippen LogP contribution in [-0.2, 0) is 25.1 Å². The third-order valence-electron chi connectivity index (χ3n) is 4.00. The van der Waals surface area contributed by atoms with Gasteiger partial charge in [-0.3, -0.25) is 13.9 Å². The minimum Gasteiger partial charge on any atom is -0.479 e. The van der Waals surface area contributed by atoms with E-state index >= 15 is 0 Å². The second-order valence-corrected chi connectivity index (χ2v) is 8.56. The molecule has 152 valence electrons. The second-order valence-electron chi connectivity index (χ2n) is 6.67. The summed E-state index contributed by atoms with van der Waals surface area (Å²) in [6.45, 7) is 3.56. The molecule has 1 aromatic carbocycles. The Morgan fingerprint density at radius 3 is 2.41 bits per heavy atom. The molecule has 0 aliphatic heterocycles. The van der Waals surface area contributed by atoms with Gasteiger partial charge in [0.15, 0.2) is 6.10 Å². The van der Waals surface area contributed by atoms with Gasteiger partial charge < -0.3 is 21.1 Å². The summed E-state index contributed by atoms with van der Waals surface area (Å²) in [6, 6.07) is 9.40. The molecule has 1 rings (SSSR count). The van der Waals surface area contributed by atoms with Crippen molar-refractivity contribution in [2.45, 2.75) is 51.4 Å². The molecule has 0 aromatic heterocycles. The number of hydrogen-bond donors (Lipinski definition) is 4. The highest BCUT2D eigenvalue weighted by molar-refractivity contribution is 7.53. The van der Waals surface area contributed by atoms with Crippen LogP contribution in [0.4, 0.5) is 0 Å². The summed E-state index contributed by atoms with van der Waals surface area (Å²) < 4.78 is 17.7. The van der Waals surface area contributed by atoms with Gasteiger partial charge in [-0.15, -0.1) is 0 Å². The standard InChI is InChI=1S/C18H29N2O6P/c1-13(2)17(20-16(21)11-10-14-7-4-3-5-8-14)27(24,25)26-15(18(22)23)9-6-12-19/h3-5,7-8,13,15,17H,6,9-12,19H2,1-2H3,(H,20,21)(H,22,23)(H,24,25)/t15-,17?/m0/s1. The van der Waals surface area contributed by atoms with Crippen LogP contribution in [0.25, 0.3) is 0 Å². The fourth-order valence-corrected chi connectivity index (χ4v) is 4.29. The van der Waals surface area contributed by atoms with Crippen LogP contribution in [0.3, 0.4) is 0 Å². The molecule has 0 saturated heterocycles. The number of rotatable bonds is 12. The van der Waals surface area contributed by atoms with Gasteiger partial charge in [-0.25, -0.2) is 4.79 Å². The average Bonchev–Trinajstić information content (AvgIpc) is 2.61. The number of benzene rings is 1. The van der Waals surface area contributed by atoms with Crippen LogP contribution in [0.5, 0.6) is 0 Å². The Kier molecular flexibility index (Phi) is 9.66. The first-order valence-corrected chi connectivity index (χ1v) is 10.6. The molecule has 9 heteroatoms. The first-order valence-electron chi connectivity index (χ1n) is 8.94. The van der Waals surface area contributed by atoms with Crippen LogP contribution in [0.15, 0.2) is 30.3 Å². The lowest BCUT2D eigenvalue weighted by molar-refractivity contribution is -0.145. The van der Waals surface area contributed by atoms with Crippen molar-refractivity contribution in [3.05, 3.63) is 35.9 Å². The van der Waals surface area contributed by atoms with Crippen LogP contribution in [-0.4, -0.2) is 40.3 Å². The van der Waals surface area contributed by atoms with Gasteiger partial charge >= 0.3 is 13.6 Å². The number of carbonyl (C=O) groups is 2. The van der Waals surface area contributed by atoms with E-state index in [-0.39, 0.29) is 19.4 Å². The molecule has 5 N–H and O–H groups in total. The molecule has 0 heterocycles. The van der Waals surface area contributed by atoms with Crippen LogP contribution >= 0.6 is 7.60 Å². The molecule has 0 radical (unpaired) electrons. The third kappa shape index (κ3) is 8.22. The monoisotopic (exact) mass is 400 g/mol. The summed E-state index contributed by atoms with van der Waals surface area (Å²) in [5, 5.41) is 11.7. The summed E-state index contributed by atoms with van der Waals surface area (Å²) >= 11 is 0. The van der Waals surface area contributed by atoms with Crippen molar-refractivity contribution in [3.8, 4) is 0 Å². The largest absolute Gasteiger partial charge is 0.479 e. The molecule has 3 atom stereocenters. The number of amides is 1. The molecule has 27 heavy (non-hydrogen) atoms. The van der Waals surface area contributed by atoms with Crippen LogP contribution in [0, 0.1) is 5.92 Å². The lowest BCUT2D eigenvalue weighted by atomic mass is 10.1. The number of nitrogens with one attached hydrogen (secondary N) is 1. The maximum atomic E-state index is 12.7. The van der Waals surface area contributed by atoms with Gasteiger partial charge in [0, 0.05) is 6.42 Å². The molecule has 0 aliphatic rings. The van der Waals surface area contributed by atoms with Crippen LogP contribution in [0.2, 0.25) is 0 Å². The number of nitrogens with two attached hydrogens (primary N) is 1. The number of aliphatic carboxylic acids is 1. The van der Waals surface area contributed by atoms with E-state index in [2.05, 4.69) is 5.32 Å². The van der Waals surface area contributed by atoms with Crippen molar-refractivity contribution in [2.24, 2.45) is 11.7 Å². The van der Waals surface area contributed by atoms with Crippen molar-refractivity contribution in [1.82, 2.24) is 5.32 Å². The Hall–Kier alpha value is -1.73. The van der Waals surface area contributed by atoms with Crippen molar-refractivity contribution < 1.29 is 28.7 Å². The molecule has 0 bridgehead atoms. The topological polar surface area (TPSA) is 139 Å². The van der Waals surface area contributed by atoms with E-state index in [0.29, 0.717) is 12.8 Å². The summed E-state index contributed by atoms with van der Waals surface area (Å²) in [4.78, 5) is 33.8. The lowest BCUT2D eigenvalue weighted by Gasteiger charge is -2.28. The molecule has 0 aliphatic carbocycles. The number of aryl methyl sites for hydroxylation is 1. The number of hydrogen-bond acceptors (Lipinski definition) is 5. The minimum atomic E-state index is -4.41. The van der Waals surface area contributed by atoms with E-state index in [1.54, 1.807) is 13.8 Å². The van der Waals surface area contributed by atoms with Crippen molar-refractivity contribution in [1.29, 1.82) is 0 Å². The van der Waals surface area contributed by atoms with E-state index in [4.69, 9.17) is 10.3 Å². The number of carbonyl (C=O) groups excluding carboxylic acids is 1. The third-order valence-corrected chi connectivity index (χ3v) is 5.98. The average molecular weight is 400 g/mol. The Balaban J connectivity index is 2.74. The molecule has 1 aromatic rings. The van der Waals surface area contributed by atoms with Crippen molar-refractivity contribution in [2.75, 3.05) is 6.54 Å². The SMILES string of the molecule is CC(C)C(NC(=O)CCc1ccccc1)P(=O)(O)O[C@@H](CCCN)C(=O)O. The van der Waals surface area contributed by atoms with E-state index in [1.165, 1.54) is 0 Å². The normalized spacial score (nSPS) is 15.7. The summed E-state index contributed by atoms with van der Waals surface area (Å²) in [7, 11) is -4.41. The van der Waals surface area contributed by atoms with Gasteiger partial charge in [0.2, 0.25) is 5.91 Å². The zero-order chi connectivity index (χ0) is 20.4. The molecule has 0 spiro atoms. The Bertz CT molecular complexity index is 653. The van der Waals surface area contributed by atoms with Gasteiger partial charge in [-0.1, -0.05) is 44.2 Å². The first kappa shape index (κ1) is 23.3. The Labute approximate surface area is 159 Å². The highest BCUT2D eigenvalue weighted by Gasteiger charge is 2.40. The minimum absolute atomic E-state index is 0.0170. The van der Waals surface area contributed by atoms with Crippen LogP contribution < -0.4 is 11.1 Å². The molecular formula is C18H29N2O6P. The summed E-state index contributed by atoms with van der Waals surface area (Å²) in [5.41, 5.74) is 6.34. The smallest absolute Gasteiger partial charge is 0.351 e. The van der Waals surface area contributed by atoms with Crippen LogP contribution in [0.1, 0.15) is 38.7 Å².